The fourth-order valence-corrected chi connectivity index (χ4v) is 3.03. The van der Waals surface area contributed by atoms with Gasteiger partial charge in [0.1, 0.15) is 0 Å². The summed E-state index contributed by atoms with van der Waals surface area (Å²) in [5, 5.41) is 4.86. The summed E-state index contributed by atoms with van der Waals surface area (Å²) in [6, 6.07) is 10.9. The SMILES string of the molecule is CCCNC(c1ccc2cccnc2c1)C(OC)C1CC1. The van der Waals surface area contributed by atoms with Gasteiger partial charge in [-0.2, -0.15) is 0 Å². The standard InChI is InChI=1S/C18H24N2O/c1-3-10-20-17(18(21-2)14-7-8-14)15-9-6-13-5-4-11-19-16(13)12-15/h4-6,9,11-12,14,17-18,20H,3,7-8,10H2,1-2H3. The molecule has 1 aromatic carbocycles. The van der Waals surface area contributed by atoms with E-state index in [1.54, 1.807) is 0 Å². The van der Waals surface area contributed by atoms with Crippen LogP contribution >= 0.6 is 0 Å². The zero-order valence-corrected chi connectivity index (χ0v) is 12.9. The van der Waals surface area contributed by atoms with E-state index in [-0.39, 0.29) is 12.1 Å². The van der Waals surface area contributed by atoms with Crippen LogP contribution in [0.4, 0.5) is 0 Å². The van der Waals surface area contributed by atoms with E-state index in [1.807, 2.05) is 19.4 Å². The number of pyridine rings is 1. The first-order valence-corrected chi connectivity index (χ1v) is 7.94. The van der Waals surface area contributed by atoms with E-state index in [0.717, 1.165) is 18.5 Å². The van der Waals surface area contributed by atoms with Crippen LogP contribution in [-0.2, 0) is 4.74 Å². The van der Waals surface area contributed by atoms with Gasteiger partial charge in [-0.3, -0.25) is 4.98 Å². The average molecular weight is 284 g/mol. The third-order valence-electron chi connectivity index (χ3n) is 4.29. The number of fused-ring (bicyclic) bond motifs is 1. The smallest absolute Gasteiger partial charge is 0.0794 e. The lowest BCUT2D eigenvalue weighted by atomic mass is 9.96. The minimum absolute atomic E-state index is 0.258. The van der Waals surface area contributed by atoms with E-state index in [0.29, 0.717) is 5.92 Å². The van der Waals surface area contributed by atoms with Crippen LogP contribution in [0, 0.1) is 5.92 Å². The number of nitrogens with one attached hydrogen (secondary N) is 1. The molecule has 1 N–H and O–H groups in total. The van der Waals surface area contributed by atoms with Crippen molar-refractivity contribution in [2.75, 3.05) is 13.7 Å². The molecule has 0 amide bonds. The van der Waals surface area contributed by atoms with Gasteiger partial charge in [0.05, 0.1) is 17.7 Å². The van der Waals surface area contributed by atoms with Gasteiger partial charge in [-0.15, -0.1) is 0 Å². The van der Waals surface area contributed by atoms with Crippen LogP contribution < -0.4 is 5.32 Å². The number of hydrogen-bond donors (Lipinski definition) is 1. The molecule has 1 fully saturated rings. The molecule has 2 aromatic rings. The quantitative estimate of drug-likeness (QED) is 0.842. The normalized spacial score (nSPS) is 17.8. The lowest BCUT2D eigenvalue weighted by molar-refractivity contribution is 0.0507. The van der Waals surface area contributed by atoms with Crippen LogP contribution in [0.5, 0.6) is 0 Å². The minimum atomic E-state index is 0.258. The lowest BCUT2D eigenvalue weighted by Gasteiger charge is -2.28. The molecule has 0 spiro atoms. The van der Waals surface area contributed by atoms with Crippen LogP contribution in [0.25, 0.3) is 10.9 Å². The van der Waals surface area contributed by atoms with Crippen LogP contribution in [0.2, 0.25) is 0 Å². The van der Waals surface area contributed by atoms with Crippen molar-refractivity contribution in [2.45, 2.75) is 38.3 Å². The number of aromatic nitrogens is 1. The maximum absolute atomic E-state index is 5.82. The molecule has 112 valence electrons. The van der Waals surface area contributed by atoms with E-state index >= 15 is 0 Å². The summed E-state index contributed by atoms with van der Waals surface area (Å²) in [5.74, 6) is 0.698. The van der Waals surface area contributed by atoms with E-state index < -0.39 is 0 Å². The van der Waals surface area contributed by atoms with Crippen molar-refractivity contribution in [1.82, 2.24) is 10.3 Å². The van der Waals surface area contributed by atoms with Gasteiger partial charge in [0.2, 0.25) is 0 Å². The topological polar surface area (TPSA) is 34.2 Å². The van der Waals surface area contributed by atoms with Gasteiger partial charge < -0.3 is 10.1 Å². The second-order valence-electron chi connectivity index (χ2n) is 5.93. The molecule has 0 saturated heterocycles. The highest BCUT2D eigenvalue weighted by Gasteiger charge is 2.37. The molecule has 0 aliphatic heterocycles. The molecule has 1 aliphatic rings. The Labute approximate surface area is 126 Å². The predicted octanol–water partition coefficient (Wildman–Crippen LogP) is 3.70. The fraction of sp³-hybridized carbons (Fsp3) is 0.500. The molecule has 0 radical (unpaired) electrons. The Bertz CT molecular complexity index is 595. The van der Waals surface area contributed by atoms with Crippen LogP contribution in [0.1, 0.15) is 37.8 Å². The molecule has 3 heteroatoms. The van der Waals surface area contributed by atoms with Crippen molar-refractivity contribution in [2.24, 2.45) is 5.92 Å². The molecule has 2 atom stereocenters. The first kappa shape index (κ1) is 14.5. The van der Waals surface area contributed by atoms with Gasteiger partial charge in [-0.1, -0.05) is 25.1 Å². The van der Waals surface area contributed by atoms with Crippen molar-refractivity contribution >= 4 is 10.9 Å². The zero-order valence-electron chi connectivity index (χ0n) is 12.9. The van der Waals surface area contributed by atoms with Crippen LogP contribution in [0.3, 0.4) is 0 Å². The second kappa shape index (κ2) is 6.54. The van der Waals surface area contributed by atoms with Gasteiger partial charge in [-0.25, -0.2) is 0 Å². The first-order chi connectivity index (χ1) is 10.3. The number of ether oxygens (including phenoxy) is 1. The van der Waals surface area contributed by atoms with E-state index in [1.165, 1.54) is 23.8 Å². The Morgan fingerprint density at radius 3 is 2.90 bits per heavy atom. The third kappa shape index (κ3) is 3.25. The predicted molar refractivity (Wildman–Crippen MR) is 86.3 cm³/mol. The van der Waals surface area contributed by atoms with Crippen molar-refractivity contribution in [3.8, 4) is 0 Å². The minimum Gasteiger partial charge on any atom is -0.379 e. The summed E-state index contributed by atoms with van der Waals surface area (Å²) in [7, 11) is 1.84. The number of hydrogen-bond acceptors (Lipinski definition) is 3. The van der Waals surface area contributed by atoms with Crippen molar-refractivity contribution in [1.29, 1.82) is 0 Å². The molecule has 2 unspecified atom stereocenters. The first-order valence-electron chi connectivity index (χ1n) is 7.94. The molecule has 1 aromatic heterocycles. The van der Waals surface area contributed by atoms with E-state index in [9.17, 15) is 0 Å². The number of methoxy groups -OCH3 is 1. The van der Waals surface area contributed by atoms with Crippen molar-refractivity contribution < 1.29 is 4.74 Å². The summed E-state index contributed by atoms with van der Waals surface area (Å²) in [6.45, 7) is 3.21. The number of rotatable bonds is 7. The molecular formula is C18H24N2O. The molecule has 21 heavy (non-hydrogen) atoms. The Kier molecular flexibility index (Phi) is 4.51. The molecule has 3 nitrogen and oxygen atoms in total. The van der Waals surface area contributed by atoms with Gasteiger partial charge in [0, 0.05) is 18.7 Å². The zero-order chi connectivity index (χ0) is 14.7. The fourth-order valence-electron chi connectivity index (χ4n) is 3.03. The summed E-state index contributed by atoms with van der Waals surface area (Å²) in [6.07, 6.45) is 5.82. The Hall–Kier alpha value is -1.45. The molecule has 1 heterocycles. The molecule has 1 saturated carbocycles. The summed E-state index contributed by atoms with van der Waals surface area (Å²) >= 11 is 0. The Morgan fingerprint density at radius 2 is 2.19 bits per heavy atom. The molecule has 0 bridgehead atoms. The highest BCUT2D eigenvalue weighted by Crippen LogP contribution is 2.40. The largest absolute Gasteiger partial charge is 0.379 e. The van der Waals surface area contributed by atoms with Crippen LogP contribution in [0.15, 0.2) is 36.5 Å². The summed E-state index contributed by atoms with van der Waals surface area (Å²) < 4.78 is 5.82. The van der Waals surface area contributed by atoms with Crippen molar-refractivity contribution in [3.05, 3.63) is 42.1 Å². The number of benzene rings is 1. The second-order valence-corrected chi connectivity index (χ2v) is 5.93. The Balaban J connectivity index is 1.92. The van der Waals surface area contributed by atoms with Gasteiger partial charge in [0.15, 0.2) is 0 Å². The van der Waals surface area contributed by atoms with Gasteiger partial charge in [0.25, 0.3) is 0 Å². The van der Waals surface area contributed by atoms with E-state index in [4.69, 9.17) is 4.74 Å². The highest BCUT2D eigenvalue weighted by atomic mass is 16.5. The van der Waals surface area contributed by atoms with E-state index in [2.05, 4.69) is 41.5 Å². The summed E-state index contributed by atoms with van der Waals surface area (Å²) in [4.78, 5) is 4.48. The molecular weight excluding hydrogens is 260 g/mol. The van der Waals surface area contributed by atoms with Gasteiger partial charge in [-0.05, 0) is 49.4 Å². The third-order valence-corrected chi connectivity index (χ3v) is 4.29. The van der Waals surface area contributed by atoms with Gasteiger partial charge >= 0.3 is 0 Å². The maximum atomic E-state index is 5.82. The maximum Gasteiger partial charge on any atom is 0.0794 e. The van der Waals surface area contributed by atoms with Crippen molar-refractivity contribution in [3.63, 3.8) is 0 Å². The number of nitrogens with zero attached hydrogens (tertiary/aromatic N) is 1. The lowest BCUT2D eigenvalue weighted by Crippen LogP contribution is -2.35. The highest BCUT2D eigenvalue weighted by molar-refractivity contribution is 5.79. The molecule has 1 aliphatic carbocycles. The van der Waals surface area contributed by atoms with Crippen LogP contribution in [-0.4, -0.2) is 24.7 Å². The average Bonchev–Trinajstić information content (AvgIpc) is 3.35. The molecule has 3 rings (SSSR count). The monoisotopic (exact) mass is 284 g/mol. The summed E-state index contributed by atoms with van der Waals surface area (Å²) in [5.41, 5.74) is 2.34. The Morgan fingerprint density at radius 1 is 1.33 bits per heavy atom.